The van der Waals surface area contributed by atoms with Gasteiger partial charge in [0.1, 0.15) is 5.60 Å². The molecular formula is C18H25N5O2. The van der Waals surface area contributed by atoms with Crippen molar-refractivity contribution < 1.29 is 9.90 Å². The highest BCUT2D eigenvalue weighted by Gasteiger charge is 2.25. The van der Waals surface area contributed by atoms with E-state index < -0.39 is 5.60 Å². The second kappa shape index (κ2) is 7.14. The molecule has 1 aromatic carbocycles. The third kappa shape index (κ3) is 4.11. The molecule has 0 bridgehead atoms. The Balaban J connectivity index is 1.61. The molecule has 7 heteroatoms. The first-order chi connectivity index (χ1) is 12.0. The van der Waals surface area contributed by atoms with E-state index in [1.54, 1.807) is 31.0 Å². The van der Waals surface area contributed by atoms with Gasteiger partial charge in [-0.15, -0.1) is 0 Å². The summed E-state index contributed by atoms with van der Waals surface area (Å²) in [6, 6.07) is 7.46. The number of nitrogens with one attached hydrogen (secondary N) is 2. The first kappa shape index (κ1) is 17.3. The Morgan fingerprint density at radius 3 is 2.72 bits per heavy atom. The number of hydrogen-bond donors (Lipinski definition) is 3. The van der Waals surface area contributed by atoms with Crippen LogP contribution in [0.5, 0.6) is 0 Å². The molecule has 2 aromatic rings. The Morgan fingerprint density at radius 1 is 1.32 bits per heavy atom. The number of urea groups is 1. The number of amides is 2. The fourth-order valence-electron chi connectivity index (χ4n) is 3.03. The molecule has 1 saturated heterocycles. The predicted octanol–water partition coefficient (Wildman–Crippen LogP) is 2.05. The zero-order valence-electron chi connectivity index (χ0n) is 14.7. The molecule has 0 radical (unpaired) electrons. The zero-order valence-corrected chi connectivity index (χ0v) is 14.7. The van der Waals surface area contributed by atoms with Gasteiger partial charge in [-0.25, -0.2) is 4.79 Å². The second-order valence-electron chi connectivity index (χ2n) is 6.70. The number of anilines is 2. The standard InChI is InChI=1S/C18H25N5O2/c1-18(25,14-11-20-22(2)12-14)13-19-17(24)21-15-7-3-4-8-16(15)23-9-5-6-10-23/h3-4,7-8,11-12,25H,5-6,9-10,13H2,1-2H3,(H2,19,21,24)/t18-/m0/s1. The summed E-state index contributed by atoms with van der Waals surface area (Å²) in [5.74, 6) is 0. The van der Waals surface area contributed by atoms with Crippen LogP contribution in [0.1, 0.15) is 25.3 Å². The topological polar surface area (TPSA) is 82.4 Å². The molecule has 2 amide bonds. The number of benzene rings is 1. The van der Waals surface area contributed by atoms with Gasteiger partial charge in [0.25, 0.3) is 0 Å². The van der Waals surface area contributed by atoms with Gasteiger partial charge in [0.05, 0.1) is 24.1 Å². The number of aryl methyl sites for hydroxylation is 1. The number of nitrogens with zero attached hydrogens (tertiary/aromatic N) is 3. The van der Waals surface area contributed by atoms with Crippen LogP contribution in [0.25, 0.3) is 0 Å². The minimum absolute atomic E-state index is 0.0937. The summed E-state index contributed by atoms with van der Waals surface area (Å²) in [7, 11) is 1.79. The van der Waals surface area contributed by atoms with E-state index in [9.17, 15) is 9.90 Å². The van der Waals surface area contributed by atoms with Gasteiger partial charge in [0.2, 0.25) is 0 Å². The summed E-state index contributed by atoms with van der Waals surface area (Å²) in [6.45, 7) is 3.77. The smallest absolute Gasteiger partial charge is 0.319 e. The van der Waals surface area contributed by atoms with E-state index in [2.05, 4.69) is 20.6 Å². The summed E-state index contributed by atoms with van der Waals surface area (Å²) in [4.78, 5) is 14.6. The SMILES string of the molecule is Cn1cc([C@@](C)(O)CNC(=O)Nc2ccccc2N2CCCC2)cn1. The average molecular weight is 343 g/mol. The number of hydrogen-bond acceptors (Lipinski definition) is 4. The number of aromatic nitrogens is 2. The molecule has 7 nitrogen and oxygen atoms in total. The molecule has 1 aromatic heterocycles. The Labute approximate surface area is 147 Å². The number of para-hydroxylation sites is 2. The van der Waals surface area contributed by atoms with Crippen LogP contribution in [-0.2, 0) is 12.6 Å². The first-order valence-electron chi connectivity index (χ1n) is 8.56. The van der Waals surface area contributed by atoms with Crippen molar-refractivity contribution in [2.45, 2.75) is 25.4 Å². The lowest BCUT2D eigenvalue weighted by Gasteiger charge is -2.24. The predicted molar refractivity (Wildman–Crippen MR) is 97.7 cm³/mol. The molecule has 0 unspecified atom stereocenters. The van der Waals surface area contributed by atoms with Crippen molar-refractivity contribution in [3.8, 4) is 0 Å². The van der Waals surface area contributed by atoms with Gasteiger partial charge in [0.15, 0.2) is 0 Å². The van der Waals surface area contributed by atoms with Crippen molar-refractivity contribution in [2.24, 2.45) is 7.05 Å². The van der Waals surface area contributed by atoms with Crippen molar-refractivity contribution in [1.29, 1.82) is 0 Å². The van der Waals surface area contributed by atoms with Crippen LogP contribution in [0.15, 0.2) is 36.7 Å². The third-order valence-corrected chi connectivity index (χ3v) is 4.52. The van der Waals surface area contributed by atoms with Gasteiger partial charge in [-0.2, -0.15) is 5.10 Å². The van der Waals surface area contributed by atoms with E-state index in [0.29, 0.717) is 5.56 Å². The number of aliphatic hydroxyl groups is 1. The van der Waals surface area contributed by atoms with E-state index in [1.165, 1.54) is 12.8 Å². The lowest BCUT2D eigenvalue weighted by atomic mass is 10.00. The highest BCUT2D eigenvalue weighted by atomic mass is 16.3. The Bertz CT molecular complexity index is 735. The number of rotatable bonds is 5. The van der Waals surface area contributed by atoms with Gasteiger partial charge >= 0.3 is 6.03 Å². The highest BCUT2D eigenvalue weighted by molar-refractivity contribution is 5.93. The van der Waals surface area contributed by atoms with Gasteiger partial charge in [0, 0.05) is 31.9 Å². The van der Waals surface area contributed by atoms with Crippen molar-refractivity contribution in [1.82, 2.24) is 15.1 Å². The molecule has 1 aliphatic heterocycles. The van der Waals surface area contributed by atoms with Crippen molar-refractivity contribution in [3.05, 3.63) is 42.2 Å². The van der Waals surface area contributed by atoms with E-state index in [-0.39, 0.29) is 12.6 Å². The number of carbonyl (C=O) groups excluding carboxylic acids is 1. The maximum atomic E-state index is 12.3. The molecule has 25 heavy (non-hydrogen) atoms. The minimum atomic E-state index is -1.18. The van der Waals surface area contributed by atoms with Crippen LogP contribution in [-0.4, -0.2) is 40.6 Å². The van der Waals surface area contributed by atoms with Crippen LogP contribution >= 0.6 is 0 Å². The maximum Gasteiger partial charge on any atom is 0.319 e. The molecule has 1 atom stereocenters. The summed E-state index contributed by atoms with van der Waals surface area (Å²) in [5, 5.41) is 20.2. The third-order valence-electron chi connectivity index (χ3n) is 4.52. The molecule has 0 spiro atoms. The molecule has 3 rings (SSSR count). The van der Waals surface area contributed by atoms with E-state index in [1.807, 2.05) is 24.3 Å². The average Bonchev–Trinajstić information content (AvgIpc) is 3.25. The number of carbonyl (C=O) groups is 1. The largest absolute Gasteiger partial charge is 0.383 e. The molecule has 0 aliphatic carbocycles. The normalized spacial score (nSPS) is 16.5. The van der Waals surface area contributed by atoms with Gasteiger partial charge in [-0.1, -0.05) is 12.1 Å². The van der Waals surface area contributed by atoms with Gasteiger partial charge in [-0.05, 0) is 31.9 Å². The molecule has 2 heterocycles. The van der Waals surface area contributed by atoms with E-state index >= 15 is 0 Å². The molecule has 1 aliphatic rings. The minimum Gasteiger partial charge on any atom is -0.383 e. The van der Waals surface area contributed by atoms with Crippen molar-refractivity contribution in [2.75, 3.05) is 29.9 Å². The van der Waals surface area contributed by atoms with Crippen LogP contribution in [0, 0.1) is 0 Å². The molecule has 0 saturated carbocycles. The van der Waals surface area contributed by atoms with Gasteiger partial charge in [-0.3, -0.25) is 4.68 Å². The molecule has 134 valence electrons. The lowest BCUT2D eigenvalue weighted by molar-refractivity contribution is 0.0599. The van der Waals surface area contributed by atoms with Gasteiger partial charge < -0.3 is 20.6 Å². The summed E-state index contributed by atoms with van der Waals surface area (Å²) in [5.41, 5.74) is 1.30. The maximum absolute atomic E-state index is 12.3. The zero-order chi connectivity index (χ0) is 17.9. The Morgan fingerprint density at radius 2 is 2.04 bits per heavy atom. The monoisotopic (exact) mass is 343 g/mol. The van der Waals surface area contributed by atoms with E-state index in [4.69, 9.17) is 0 Å². The van der Waals surface area contributed by atoms with Crippen molar-refractivity contribution in [3.63, 3.8) is 0 Å². The second-order valence-corrected chi connectivity index (χ2v) is 6.70. The lowest BCUT2D eigenvalue weighted by Crippen LogP contribution is -2.40. The van der Waals surface area contributed by atoms with Crippen molar-refractivity contribution >= 4 is 17.4 Å². The Kier molecular flexibility index (Phi) is 4.94. The molecule has 1 fully saturated rings. The van der Waals surface area contributed by atoms with Crippen LogP contribution < -0.4 is 15.5 Å². The van der Waals surface area contributed by atoms with Crippen LogP contribution in [0.3, 0.4) is 0 Å². The summed E-state index contributed by atoms with van der Waals surface area (Å²) < 4.78 is 1.62. The fourth-order valence-corrected chi connectivity index (χ4v) is 3.03. The molecular weight excluding hydrogens is 318 g/mol. The van der Waals surface area contributed by atoms with E-state index in [0.717, 1.165) is 24.5 Å². The Hall–Kier alpha value is -2.54. The van der Waals surface area contributed by atoms with Crippen LogP contribution in [0.2, 0.25) is 0 Å². The fraction of sp³-hybridized carbons (Fsp3) is 0.444. The molecule has 3 N–H and O–H groups in total. The summed E-state index contributed by atoms with van der Waals surface area (Å²) >= 11 is 0. The first-order valence-corrected chi connectivity index (χ1v) is 8.56. The summed E-state index contributed by atoms with van der Waals surface area (Å²) in [6.07, 6.45) is 5.69. The quantitative estimate of drug-likeness (QED) is 0.776. The highest BCUT2D eigenvalue weighted by Crippen LogP contribution is 2.28. The van der Waals surface area contributed by atoms with Crippen LogP contribution in [0.4, 0.5) is 16.2 Å².